The first-order chi connectivity index (χ1) is 7.26. The Bertz CT molecular complexity index is 302. The van der Waals surface area contributed by atoms with Gasteiger partial charge in [-0.2, -0.15) is 0 Å². The van der Waals surface area contributed by atoms with Crippen LogP contribution in [0.15, 0.2) is 6.07 Å². The zero-order valence-corrected chi connectivity index (χ0v) is 10.1. The van der Waals surface area contributed by atoms with Crippen molar-refractivity contribution < 1.29 is 0 Å². The third kappa shape index (κ3) is 4.47. The lowest BCUT2D eigenvalue weighted by Gasteiger charge is -2.05. The zero-order chi connectivity index (χ0) is 11.1. The first kappa shape index (κ1) is 12.2. The molecule has 0 aliphatic heterocycles. The molecular formula is C11H18ClN3. The third-order valence-electron chi connectivity index (χ3n) is 2.17. The molecule has 1 rings (SSSR count). The Hall–Kier alpha value is -0.830. The maximum Gasteiger partial charge on any atom is 0.224 e. The molecule has 0 atom stereocenters. The molecule has 84 valence electrons. The minimum atomic E-state index is 0.514. The second-order valence-corrected chi connectivity index (χ2v) is 3.88. The molecule has 15 heavy (non-hydrogen) atoms. The highest BCUT2D eigenvalue weighted by molar-refractivity contribution is 6.29. The monoisotopic (exact) mass is 227 g/mol. The lowest BCUT2D eigenvalue weighted by molar-refractivity contribution is 0.739. The van der Waals surface area contributed by atoms with Crippen molar-refractivity contribution in [2.75, 3.05) is 11.9 Å². The molecule has 0 amide bonds. The van der Waals surface area contributed by atoms with E-state index < -0.39 is 0 Å². The zero-order valence-electron chi connectivity index (χ0n) is 9.39. The van der Waals surface area contributed by atoms with Gasteiger partial charge in [-0.15, -0.1) is 0 Å². The van der Waals surface area contributed by atoms with E-state index in [0.29, 0.717) is 11.1 Å². The molecule has 1 N–H and O–H groups in total. The number of nitrogens with one attached hydrogen (secondary N) is 1. The molecular weight excluding hydrogens is 210 g/mol. The number of hydrogen-bond acceptors (Lipinski definition) is 3. The van der Waals surface area contributed by atoms with Crippen LogP contribution >= 0.6 is 11.6 Å². The van der Waals surface area contributed by atoms with Gasteiger partial charge in [0.2, 0.25) is 5.95 Å². The molecule has 1 heterocycles. The van der Waals surface area contributed by atoms with Crippen molar-refractivity contribution >= 4 is 17.5 Å². The van der Waals surface area contributed by atoms with E-state index in [1.165, 1.54) is 12.8 Å². The lowest BCUT2D eigenvalue weighted by Crippen LogP contribution is -2.06. The Kier molecular flexibility index (Phi) is 5.40. The van der Waals surface area contributed by atoms with Crippen LogP contribution in [0.3, 0.4) is 0 Å². The number of aryl methyl sites for hydroxylation is 1. The molecule has 0 radical (unpaired) electrons. The average molecular weight is 228 g/mol. The Morgan fingerprint density at radius 1 is 1.27 bits per heavy atom. The van der Waals surface area contributed by atoms with Crippen LogP contribution in [0.5, 0.6) is 0 Å². The molecule has 0 spiro atoms. The Morgan fingerprint density at radius 2 is 2.07 bits per heavy atom. The molecule has 0 unspecified atom stereocenters. The minimum Gasteiger partial charge on any atom is -0.354 e. The van der Waals surface area contributed by atoms with Crippen LogP contribution < -0.4 is 5.32 Å². The predicted octanol–water partition coefficient (Wildman–Crippen LogP) is 3.29. The maximum absolute atomic E-state index is 5.88. The van der Waals surface area contributed by atoms with Crippen LogP contribution in [0.4, 0.5) is 5.95 Å². The SMILES string of the molecule is CCCCCNc1nc(Cl)cc(CC)n1. The van der Waals surface area contributed by atoms with Gasteiger partial charge in [-0.05, 0) is 18.9 Å². The summed E-state index contributed by atoms with van der Waals surface area (Å²) < 4.78 is 0. The smallest absolute Gasteiger partial charge is 0.224 e. The highest BCUT2D eigenvalue weighted by Crippen LogP contribution is 2.10. The van der Waals surface area contributed by atoms with Crippen molar-refractivity contribution in [3.05, 3.63) is 16.9 Å². The molecule has 4 heteroatoms. The van der Waals surface area contributed by atoms with Crippen LogP contribution in [-0.4, -0.2) is 16.5 Å². The fourth-order valence-corrected chi connectivity index (χ4v) is 1.51. The number of nitrogens with zero attached hydrogens (tertiary/aromatic N) is 2. The summed E-state index contributed by atoms with van der Waals surface area (Å²) in [5.74, 6) is 0.649. The molecule has 0 saturated carbocycles. The third-order valence-corrected chi connectivity index (χ3v) is 2.37. The lowest BCUT2D eigenvalue weighted by atomic mass is 10.2. The van der Waals surface area contributed by atoms with E-state index in [-0.39, 0.29) is 0 Å². The van der Waals surface area contributed by atoms with Gasteiger partial charge in [-0.25, -0.2) is 9.97 Å². The van der Waals surface area contributed by atoms with E-state index in [2.05, 4.69) is 29.1 Å². The van der Waals surface area contributed by atoms with Crippen molar-refractivity contribution in [2.45, 2.75) is 39.5 Å². The summed E-state index contributed by atoms with van der Waals surface area (Å²) in [4.78, 5) is 8.47. The Morgan fingerprint density at radius 3 is 2.73 bits per heavy atom. The highest BCUT2D eigenvalue weighted by atomic mass is 35.5. The van der Waals surface area contributed by atoms with Gasteiger partial charge in [-0.1, -0.05) is 38.3 Å². The summed E-state index contributed by atoms with van der Waals surface area (Å²) >= 11 is 5.88. The summed E-state index contributed by atoms with van der Waals surface area (Å²) in [6.45, 7) is 5.15. The van der Waals surface area contributed by atoms with Gasteiger partial charge < -0.3 is 5.32 Å². The van der Waals surface area contributed by atoms with Crippen LogP contribution in [-0.2, 0) is 6.42 Å². The van der Waals surface area contributed by atoms with Gasteiger partial charge in [0.25, 0.3) is 0 Å². The Labute approximate surface area is 96.3 Å². The molecule has 1 aromatic rings. The standard InChI is InChI=1S/C11H18ClN3/c1-3-5-6-7-13-11-14-9(4-2)8-10(12)15-11/h8H,3-7H2,1-2H3,(H,13,14,15). The van der Waals surface area contributed by atoms with Gasteiger partial charge in [0, 0.05) is 12.2 Å². The van der Waals surface area contributed by atoms with E-state index >= 15 is 0 Å². The van der Waals surface area contributed by atoms with Crippen molar-refractivity contribution in [3.63, 3.8) is 0 Å². The van der Waals surface area contributed by atoms with Crippen LogP contribution in [0, 0.1) is 0 Å². The molecule has 0 aromatic carbocycles. The van der Waals surface area contributed by atoms with Crippen LogP contribution in [0.2, 0.25) is 5.15 Å². The number of halogens is 1. The van der Waals surface area contributed by atoms with Crippen LogP contribution in [0.1, 0.15) is 38.8 Å². The molecule has 3 nitrogen and oxygen atoms in total. The second-order valence-electron chi connectivity index (χ2n) is 3.49. The first-order valence-electron chi connectivity index (χ1n) is 5.53. The second kappa shape index (κ2) is 6.62. The highest BCUT2D eigenvalue weighted by Gasteiger charge is 2.00. The summed E-state index contributed by atoms with van der Waals surface area (Å²) in [5, 5.41) is 3.70. The number of hydrogen-bond donors (Lipinski definition) is 1. The van der Waals surface area contributed by atoms with Crippen molar-refractivity contribution in [3.8, 4) is 0 Å². The van der Waals surface area contributed by atoms with Crippen molar-refractivity contribution in [2.24, 2.45) is 0 Å². The van der Waals surface area contributed by atoms with Gasteiger partial charge in [0.05, 0.1) is 0 Å². The van der Waals surface area contributed by atoms with Crippen molar-refractivity contribution in [1.29, 1.82) is 0 Å². The van der Waals surface area contributed by atoms with Gasteiger partial charge in [-0.3, -0.25) is 0 Å². The fraction of sp³-hybridized carbons (Fsp3) is 0.636. The topological polar surface area (TPSA) is 37.8 Å². The van der Waals surface area contributed by atoms with E-state index in [1.807, 2.05) is 0 Å². The van der Waals surface area contributed by atoms with Crippen LogP contribution in [0.25, 0.3) is 0 Å². The minimum absolute atomic E-state index is 0.514. The summed E-state index contributed by atoms with van der Waals surface area (Å²) in [6.07, 6.45) is 4.48. The first-order valence-corrected chi connectivity index (χ1v) is 5.91. The number of aromatic nitrogens is 2. The largest absolute Gasteiger partial charge is 0.354 e. The van der Waals surface area contributed by atoms with Crippen molar-refractivity contribution in [1.82, 2.24) is 9.97 Å². The summed E-state index contributed by atoms with van der Waals surface area (Å²) in [6, 6.07) is 1.80. The summed E-state index contributed by atoms with van der Waals surface area (Å²) in [5.41, 5.74) is 0.980. The molecule has 0 bridgehead atoms. The molecule has 1 aromatic heterocycles. The number of anilines is 1. The van der Waals surface area contributed by atoms with E-state index in [0.717, 1.165) is 25.1 Å². The molecule has 0 aliphatic rings. The quantitative estimate of drug-likeness (QED) is 0.599. The average Bonchev–Trinajstić information content (AvgIpc) is 2.23. The molecule has 0 aliphatic carbocycles. The van der Waals surface area contributed by atoms with E-state index in [9.17, 15) is 0 Å². The molecule has 0 fully saturated rings. The summed E-state index contributed by atoms with van der Waals surface area (Å²) in [7, 11) is 0. The van der Waals surface area contributed by atoms with Gasteiger partial charge >= 0.3 is 0 Å². The van der Waals surface area contributed by atoms with E-state index in [1.54, 1.807) is 6.07 Å². The van der Waals surface area contributed by atoms with Gasteiger partial charge in [0.1, 0.15) is 5.15 Å². The van der Waals surface area contributed by atoms with E-state index in [4.69, 9.17) is 11.6 Å². The molecule has 0 saturated heterocycles. The normalized spacial score (nSPS) is 10.3. The number of rotatable bonds is 6. The van der Waals surface area contributed by atoms with Gasteiger partial charge in [0.15, 0.2) is 0 Å². The maximum atomic E-state index is 5.88. The number of unbranched alkanes of at least 4 members (excludes halogenated alkanes) is 2. The predicted molar refractivity (Wildman–Crippen MR) is 64.4 cm³/mol. The Balaban J connectivity index is 2.49. The fourth-order valence-electron chi connectivity index (χ4n) is 1.30.